The molecule has 0 heterocycles. The lowest BCUT2D eigenvalue weighted by Crippen LogP contribution is -2.27. The maximum Gasteiger partial charge on any atom is 0.220 e. The summed E-state index contributed by atoms with van der Waals surface area (Å²) in [4.78, 5) is 32.3. The molecule has 6 heteroatoms. The smallest absolute Gasteiger partial charge is 0.220 e. The van der Waals surface area contributed by atoms with E-state index in [0.717, 1.165) is 0 Å². The highest BCUT2D eigenvalue weighted by Gasteiger charge is 2.01. The van der Waals surface area contributed by atoms with Gasteiger partial charge in [-0.05, 0) is 6.42 Å². The summed E-state index contributed by atoms with van der Waals surface area (Å²) < 4.78 is 0. The lowest BCUT2D eigenvalue weighted by atomic mass is 10.3. The van der Waals surface area contributed by atoms with Crippen LogP contribution >= 0.6 is 11.8 Å². The van der Waals surface area contributed by atoms with Crippen LogP contribution in [-0.4, -0.2) is 35.8 Å². The van der Waals surface area contributed by atoms with Crippen molar-refractivity contribution in [1.29, 1.82) is 0 Å². The highest BCUT2D eigenvalue weighted by Crippen LogP contribution is 1.98. The van der Waals surface area contributed by atoms with Crippen LogP contribution in [0.1, 0.15) is 26.7 Å². The second kappa shape index (κ2) is 9.21. The molecule has 0 saturated heterocycles. The van der Waals surface area contributed by atoms with Gasteiger partial charge in [-0.2, -0.15) is 0 Å². The van der Waals surface area contributed by atoms with Crippen LogP contribution in [0.15, 0.2) is 0 Å². The minimum Gasteiger partial charge on any atom is -0.356 e. The van der Waals surface area contributed by atoms with Crippen molar-refractivity contribution in [3.63, 3.8) is 0 Å². The number of hydrogen-bond donors (Lipinski definition) is 2. The Balaban J connectivity index is 3.31. The SMILES string of the molecule is CC(=O)NCCCC(=O)NCCSC(C)=O. The van der Waals surface area contributed by atoms with Gasteiger partial charge in [0.1, 0.15) is 0 Å². The van der Waals surface area contributed by atoms with Crippen LogP contribution in [0.25, 0.3) is 0 Å². The van der Waals surface area contributed by atoms with E-state index in [1.165, 1.54) is 25.6 Å². The van der Waals surface area contributed by atoms with Crippen molar-refractivity contribution in [2.45, 2.75) is 26.7 Å². The van der Waals surface area contributed by atoms with Gasteiger partial charge >= 0.3 is 0 Å². The Morgan fingerprint density at radius 3 is 2.31 bits per heavy atom. The fourth-order valence-corrected chi connectivity index (χ4v) is 1.48. The average Bonchev–Trinajstić information content (AvgIpc) is 2.19. The molecular formula is C10H18N2O3S. The lowest BCUT2D eigenvalue weighted by molar-refractivity contribution is -0.122. The zero-order valence-electron chi connectivity index (χ0n) is 9.67. The molecule has 0 bridgehead atoms. The largest absolute Gasteiger partial charge is 0.356 e. The first-order chi connectivity index (χ1) is 7.52. The highest BCUT2D eigenvalue weighted by atomic mass is 32.2. The molecule has 16 heavy (non-hydrogen) atoms. The van der Waals surface area contributed by atoms with Crippen molar-refractivity contribution in [2.75, 3.05) is 18.8 Å². The van der Waals surface area contributed by atoms with Gasteiger partial charge in [-0.1, -0.05) is 11.8 Å². The van der Waals surface area contributed by atoms with Crippen molar-refractivity contribution < 1.29 is 14.4 Å². The highest BCUT2D eigenvalue weighted by molar-refractivity contribution is 8.13. The number of hydrogen-bond acceptors (Lipinski definition) is 4. The summed E-state index contributed by atoms with van der Waals surface area (Å²) in [5.41, 5.74) is 0. The van der Waals surface area contributed by atoms with E-state index in [0.29, 0.717) is 31.7 Å². The monoisotopic (exact) mass is 246 g/mol. The molecule has 0 spiro atoms. The third-order valence-electron chi connectivity index (χ3n) is 1.68. The molecule has 0 aromatic rings. The Hall–Kier alpha value is -1.04. The van der Waals surface area contributed by atoms with Gasteiger partial charge in [0.2, 0.25) is 11.8 Å². The number of carbonyl (C=O) groups is 3. The Kier molecular flexibility index (Phi) is 8.61. The van der Waals surface area contributed by atoms with Crippen LogP contribution in [-0.2, 0) is 14.4 Å². The fourth-order valence-electron chi connectivity index (χ4n) is 0.987. The Morgan fingerprint density at radius 1 is 1.06 bits per heavy atom. The summed E-state index contributed by atoms with van der Waals surface area (Å²) in [6.45, 7) is 3.97. The molecular weight excluding hydrogens is 228 g/mol. The van der Waals surface area contributed by atoms with Crippen LogP contribution in [0, 0.1) is 0 Å². The third kappa shape index (κ3) is 11.0. The first-order valence-electron chi connectivity index (χ1n) is 5.17. The molecule has 0 aromatic heterocycles. The van der Waals surface area contributed by atoms with Crippen molar-refractivity contribution in [1.82, 2.24) is 10.6 Å². The summed E-state index contributed by atoms with van der Waals surface area (Å²) >= 11 is 1.19. The van der Waals surface area contributed by atoms with Crippen molar-refractivity contribution in [2.24, 2.45) is 0 Å². The Bertz CT molecular complexity index is 232. The molecule has 0 aliphatic rings. The maximum atomic E-state index is 11.2. The Labute approximate surface area is 99.7 Å². The molecule has 0 rings (SSSR count). The number of amides is 2. The van der Waals surface area contributed by atoms with Gasteiger partial charge in [0.25, 0.3) is 0 Å². The molecule has 5 nitrogen and oxygen atoms in total. The van der Waals surface area contributed by atoms with Crippen LogP contribution in [0.5, 0.6) is 0 Å². The minimum atomic E-state index is -0.0849. The van der Waals surface area contributed by atoms with Gasteiger partial charge in [0.05, 0.1) is 0 Å². The van der Waals surface area contributed by atoms with Gasteiger partial charge in [-0.3, -0.25) is 14.4 Å². The summed E-state index contributed by atoms with van der Waals surface area (Å²) in [7, 11) is 0. The zero-order valence-corrected chi connectivity index (χ0v) is 10.5. The van der Waals surface area contributed by atoms with E-state index in [1.807, 2.05) is 0 Å². The van der Waals surface area contributed by atoms with Gasteiger partial charge in [-0.25, -0.2) is 0 Å². The molecule has 0 aliphatic heterocycles. The molecule has 0 radical (unpaired) electrons. The van der Waals surface area contributed by atoms with E-state index in [2.05, 4.69) is 10.6 Å². The van der Waals surface area contributed by atoms with Crippen LogP contribution in [0.3, 0.4) is 0 Å². The predicted molar refractivity (Wildman–Crippen MR) is 64.1 cm³/mol. The number of rotatable bonds is 7. The molecule has 0 fully saturated rings. The number of carbonyl (C=O) groups excluding carboxylic acids is 3. The molecule has 0 atom stereocenters. The summed E-state index contributed by atoms with van der Waals surface area (Å²) in [5.74, 6) is 0.472. The van der Waals surface area contributed by atoms with E-state index in [1.54, 1.807) is 0 Å². The topological polar surface area (TPSA) is 75.3 Å². The molecule has 2 amide bonds. The normalized spacial score (nSPS) is 9.62. The first-order valence-corrected chi connectivity index (χ1v) is 6.15. The lowest BCUT2D eigenvalue weighted by Gasteiger charge is -2.04. The van der Waals surface area contributed by atoms with Gasteiger partial charge in [0.15, 0.2) is 5.12 Å². The molecule has 0 saturated carbocycles. The molecule has 2 N–H and O–H groups in total. The van der Waals surface area contributed by atoms with E-state index in [4.69, 9.17) is 0 Å². The first kappa shape index (κ1) is 15.0. The van der Waals surface area contributed by atoms with Crippen LogP contribution in [0.4, 0.5) is 0 Å². The zero-order chi connectivity index (χ0) is 12.4. The minimum absolute atomic E-state index is 0.0468. The molecule has 92 valence electrons. The van der Waals surface area contributed by atoms with Crippen molar-refractivity contribution in [3.8, 4) is 0 Å². The van der Waals surface area contributed by atoms with E-state index in [9.17, 15) is 14.4 Å². The second-order valence-electron chi connectivity index (χ2n) is 3.28. The Morgan fingerprint density at radius 2 is 1.75 bits per heavy atom. The van der Waals surface area contributed by atoms with E-state index >= 15 is 0 Å². The quantitative estimate of drug-likeness (QED) is 0.633. The van der Waals surface area contributed by atoms with E-state index < -0.39 is 0 Å². The van der Waals surface area contributed by atoms with Crippen molar-refractivity contribution >= 4 is 28.7 Å². The standard InChI is InChI=1S/C10H18N2O3S/c1-8(13)11-5-3-4-10(15)12-6-7-16-9(2)14/h3-7H2,1-2H3,(H,11,13)(H,12,15). The molecule has 0 aromatic carbocycles. The summed E-state index contributed by atoms with van der Waals surface area (Å²) in [6, 6.07) is 0. The van der Waals surface area contributed by atoms with E-state index in [-0.39, 0.29) is 16.9 Å². The van der Waals surface area contributed by atoms with Gasteiger partial charge < -0.3 is 10.6 Å². The maximum absolute atomic E-state index is 11.2. The second-order valence-corrected chi connectivity index (χ2v) is 4.55. The molecule has 0 aliphatic carbocycles. The number of nitrogens with one attached hydrogen (secondary N) is 2. The van der Waals surface area contributed by atoms with Gasteiger partial charge in [0, 0.05) is 39.1 Å². The average molecular weight is 246 g/mol. The predicted octanol–water partition coefficient (Wildman–Crippen LogP) is 0.299. The van der Waals surface area contributed by atoms with Crippen LogP contribution < -0.4 is 10.6 Å². The van der Waals surface area contributed by atoms with Crippen molar-refractivity contribution in [3.05, 3.63) is 0 Å². The van der Waals surface area contributed by atoms with Gasteiger partial charge in [-0.15, -0.1) is 0 Å². The number of thioether (sulfide) groups is 1. The fraction of sp³-hybridized carbons (Fsp3) is 0.700. The summed E-state index contributed by atoms with van der Waals surface area (Å²) in [6.07, 6.45) is 1.02. The van der Waals surface area contributed by atoms with Crippen LogP contribution in [0.2, 0.25) is 0 Å². The summed E-state index contributed by atoms with van der Waals surface area (Å²) in [5, 5.41) is 5.37. The third-order valence-corrected chi connectivity index (χ3v) is 2.50. The molecule has 0 unspecified atom stereocenters.